The lowest BCUT2D eigenvalue weighted by Gasteiger charge is -2.24. The minimum absolute atomic E-state index is 0. The number of nitrogens with one attached hydrogen (secondary N) is 3. The Bertz CT molecular complexity index is 1300. The van der Waals surface area contributed by atoms with Gasteiger partial charge in [-0.05, 0) is 45.9 Å². The largest absolute Gasteiger partial charge is 0.383 e. The van der Waals surface area contributed by atoms with Crippen molar-refractivity contribution in [1.82, 2.24) is 20.1 Å². The second kappa shape index (κ2) is 10.4. The first-order chi connectivity index (χ1) is 15.8. The molecule has 4 rings (SSSR count). The van der Waals surface area contributed by atoms with Crippen molar-refractivity contribution in [3.05, 3.63) is 63.4 Å². The van der Waals surface area contributed by atoms with E-state index in [4.69, 9.17) is 0 Å². The van der Waals surface area contributed by atoms with Gasteiger partial charge in [-0.2, -0.15) is 0 Å². The molecule has 0 fully saturated rings. The minimum Gasteiger partial charge on any atom is -0.383 e. The Kier molecular flexibility index (Phi) is 7.76. The smallest absolute Gasteiger partial charge is 0.261 e. The van der Waals surface area contributed by atoms with Crippen LogP contribution in [-0.2, 0) is 0 Å². The van der Waals surface area contributed by atoms with Gasteiger partial charge in [0.1, 0.15) is 5.56 Å². The number of halogens is 1. The van der Waals surface area contributed by atoms with Gasteiger partial charge in [-0.1, -0.05) is 24.3 Å². The highest BCUT2D eigenvalue weighted by atomic mass is 35.5. The molecule has 1 amide bonds. The van der Waals surface area contributed by atoms with Crippen molar-refractivity contribution in [2.24, 2.45) is 0 Å². The van der Waals surface area contributed by atoms with E-state index in [0.717, 1.165) is 6.54 Å². The summed E-state index contributed by atoms with van der Waals surface area (Å²) in [6.45, 7) is 2.49. The maximum absolute atomic E-state index is 13.6. The van der Waals surface area contributed by atoms with Gasteiger partial charge >= 0.3 is 0 Å². The van der Waals surface area contributed by atoms with Crippen LogP contribution in [-0.4, -0.2) is 80.8 Å². The van der Waals surface area contributed by atoms with Crippen molar-refractivity contribution in [2.75, 3.05) is 59.7 Å². The highest BCUT2D eigenvalue weighted by molar-refractivity contribution is 6.29. The molecule has 0 atom stereocenters. The SMILES string of the molecule is CN(C)CCNC(=O)c1c2c3c(c(NCCN(C)C)ccc3[nH]c1=O)C(=O)c1ccccc1-2.Cl. The third-order valence-electron chi connectivity index (χ3n) is 5.79. The number of amides is 1. The van der Waals surface area contributed by atoms with Gasteiger partial charge in [0.25, 0.3) is 11.5 Å². The lowest BCUT2D eigenvalue weighted by atomic mass is 9.81. The van der Waals surface area contributed by atoms with Gasteiger partial charge in [0.15, 0.2) is 5.78 Å². The van der Waals surface area contributed by atoms with Crippen molar-refractivity contribution in [2.45, 2.75) is 0 Å². The molecule has 0 spiro atoms. The van der Waals surface area contributed by atoms with E-state index in [1.807, 2.05) is 45.2 Å². The third-order valence-corrected chi connectivity index (χ3v) is 5.79. The van der Waals surface area contributed by atoms with E-state index < -0.39 is 11.5 Å². The minimum atomic E-state index is -0.469. The zero-order chi connectivity index (χ0) is 23.7. The summed E-state index contributed by atoms with van der Waals surface area (Å²) in [6, 6.07) is 10.8. The number of rotatable bonds is 8. The van der Waals surface area contributed by atoms with Crippen LogP contribution in [0.1, 0.15) is 26.3 Å². The maximum Gasteiger partial charge on any atom is 0.261 e. The first-order valence-corrected chi connectivity index (χ1v) is 11.0. The summed E-state index contributed by atoms with van der Waals surface area (Å²) >= 11 is 0. The number of pyridine rings is 1. The van der Waals surface area contributed by atoms with E-state index >= 15 is 0 Å². The van der Waals surface area contributed by atoms with Crippen molar-refractivity contribution in [3.63, 3.8) is 0 Å². The number of aromatic nitrogens is 1. The predicted molar refractivity (Wildman–Crippen MR) is 139 cm³/mol. The van der Waals surface area contributed by atoms with Crippen LogP contribution < -0.4 is 16.2 Å². The van der Waals surface area contributed by atoms with E-state index in [-0.39, 0.29) is 23.8 Å². The summed E-state index contributed by atoms with van der Waals surface area (Å²) in [5.41, 5.74) is 2.88. The highest BCUT2D eigenvalue weighted by Crippen LogP contribution is 2.42. The Balaban J connectivity index is 0.00000324. The molecule has 0 bridgehead atoms. The summed E-state index contributed by atoms with van der Waals surface area (Å²) in [5, 5.41) is 6.81. The number of hydrogen-bond donors (Lipinski definition) is 3. The molecule has 8 nitrogen and oxygen atoms in total. The van der Waals surface area contributed by atoms with Gasteiger partial charge in [-0.25, -0.2) is 0 Å². The number of ketones is 1. The molecule has 0 aliphatic heterocycles. The Hall–Kier alpha value is -3.20. The Morgan fingerprint density at radius 3 is 2.21 bits per heavy atom. The number of benzene rings is 2. The van der Waals surface area contributed by atoms with Crippen LogP contribution in [0.5, 0.6) is 0 Å². The lowest BCUT2D eigenvalue weighted by Crippen LogP contribution is -2.35. The maximum atomic E-state index is 13.6. The fourth-order valence-corrected chi connectivity index (χ4v) is 4.19. The Morgan fingerprint density at radius 2 is 1.53 bits per heavy atom. The third kappa shape index (κ3) is 4.70. The molecule has 1 aliphatic carbocycles. The van der Waals surface area contributed by atoms with Crippen LogP contribution in [0.4, 0.5) is 5.69 Å². The average Bonchev–Trinajstić information content (AvgIpc) is 2.76. The fourth-order valence-electron chi connectivity index (χ4n) is 4.19. The lowest BCUT2D eigenvalue weighted by molar-refractivity contribution is 0.0949. The van der Waals surface area contributed by atoms with Gasteiger partial charge < -0.3 is 25.4 Å². The van der Waals surface area contributed by atoms with Crippen molar-refractivity contribution in [3.8, 4) is 11.1 Å². The molecular formula is C25H30ClN5O3. The number of hydrogen-bond acceptors (Lipinski definition) is 6. The van der Waals surface area contributed by atoms with Crippen LogP contribution in [0, 0.1) is 0 Å². The van der Waals surface area contributed by atoms with E-state index in [0.29, 0.717) is 58.5 Å². The second-order valence-corrected chi connectivity index (χ2v) is 8.78. The van der Waals surface area contributed by atoms with E-state index in [2.05, 4.69) is 20.5 Å². The van der Waals surface area contributed by atoms with Gasteiger partial charge in [-0.3, -0.25) is 14.4 Å². The molecule has 3 N–H and O–H groups in total. The van der Waals surface area contributed by atoms with Crippen molar-refractivity contribution >= 4 is 40.7 Å². The monoisotopic (exact) mass is 483 g/mol. The number of nitrogens with zero attached hydrogens (tertiary/aromatic N) is 2. The van der Waals surface area contributed by atoms with E-state index in [1.54, 1.807) is 24.3 Å². The number of aromatic amines is 1. The first kappa shape index (κ1) is 25.4. The fraction of sp³-hybridized carbons (Fsp3) is 0.320. The second-order valence-electron chi connectivity index (χ2n) is 8.78. The summed E-state index contributed by atoms with van der Waals surface area (Å²) in [6.07, 6.45) is 0. The molecule has 0 saturated heterocycles. The highest BCUT2D eigenvalue weighted by Gasteiger charge is 2.32. The molecule has 1 aliphatic rings. The summed E-state index contributed by atoms with van der Waals surface area (Å²) in [7, 11) is 7.80. The van der Waals surface area contributed by atoms with Crippen LogP contribution in [0.25, 0.3) is 22.0 Å². The van der Waals surface area contributed by atoms with Crippen LogP contribution in [0.15, 0.2) is 41.2 Å². The number of anilines is 1. The standard InChI is InChI=1S/C25H29N5O3.ClH/c1-29(2)13-11-26-17-9-10-18-20-19(15-7-5-6-8-16(15)23(31)21(17)20)22(25(33)28-18)24(32)27-12-14-30(3)4;/h5-10,26H,11-14H2,1-4H3,(H,27,32)(H,28,33);1H. The summed E-state index contributed by atoms with van der Waals surface area (Å²) in [4.78, 5) is 46.7. The number of H-pyrrole nitrogens is 1. The Morgan fingerprint density at radius 1 is 0.882 bits per heavy atom. The topological polar surface area (TPSA) is 97.5 Å². The molecule has 180 valence electrons. The zero-order valence-electron chi connectivity index (χ0n) is 19.8. The molecule has 0 saturated carbocycles. The zero-order valence-corrected chi connectivity index (χ0v) is 20.6. The number of carbonyl (C=O) groups excluding carboxylic acids is 2. The molecule has 34 heavy (non-hydrogen) atoms. The predicted octanol–water partition coefficient (Wildman–Crippen LogP) is 2.43. The number of carbonyl (C=O) groups is 2. The van der Waals surface area contributed by atoms with E-state index in [1.165, 1.54) is 0 Å². The number of likely N-dealkylation sites (N-methyl/N-ethyl adjacent to an activating group) is 2. The van der Waals surface area contributed by atoms with Gasteiger partial charge in [0.05, 0.1) is 5.56 Å². The molecule has 0 unspecified atom stereocenters. The molecule has 0 radical (unpaired) electrons. The van der Waals surface area contributed by atoms with Crippen LogP contribution >= 0.6 is 12.4 Å². The molecule has 3 aromatic rings. The quantitative estimate of drug-likeness (QED) is 0.356. The van der Waals surface area contributed by atoms with Gasteiger partial charge in [0, 0.05) is 53.9 Å². The van der Waals surface area contributed by atoms with E-state index in [9.17, 15) is 14.4 Å². The molecule has 1 aromatic heterocycles. The molecule has 9 heteroatoms. The van der Waals surface area contributed by atoms with Gasteiger partial charge in [0.2, 0.25) is 0 Å². The average molecular weight is 484 g/mol. The molecule has 2 aromatic carbocycles. The van der Waals surface area contributed by atoms with Crippen LogP contribution in [0.3, 0.4) is 0 Å². The first-order valence-electron chi connectivity index (χ1n) is 11.0. The van der Waals surface area contributed by atoms with Crippen LogP contribution in [0.2, 0.25) is 0 Å². The Labute approximate surface area is 204 Å². The summed E-state index contributed by atoms with van der Waals surface area (Å²) < 4.78 is 0. The molecular weight excluding hydrogens is 454 g/mol. The van der Waals surface area contributed by atoms with Crippen molar-refractivity contribution in [1.29, 1.82) is 0 Å². The number of fused-ring (bicyclic) bond motifs is 2. The van der Waals surface area contributed by atoms with Gasteiger partial charge in [-0.15, -0.1) is 12.4 Å². The summed E-state index contributed by atoms with van der Waals surface area (Å²) in [5.74, 6) is -0.571. The normalized spacial score (nSPS) is 12.0. The van der Waals surface area contributed by atoms with Crippen molar-refractivity contribution < 1.29 is 9.59 Å². The molecule has 1 heterocycles.